The maximum absolute atomic E-state index is 13.2. The zero-order valence-electron chi connectivity index (χ0n) is 15.9. The molecular formula is C20H25ClN2O3S. The number of para-hydroxylation sites is 1. The SMILES string of the molecule is Cc1ccc(S(=O)(=O)N(CC(=O)N[C@@H](C)C(C)C)c2ccccc2Cl)cc1. The molecule has 0 radical (unpaired) electrons. The first-order valence-corrected chi connectivity index (χ1v) is 10.6. The predicted octanol–water partition coefficient (Wildman–Crippen LogP) is 4.00. The second kappa shape index (κ2) is 8.76. The maximum Gasteiger partial charge on any atom is 0.264 e. The number of amides is 1. The summed E-state index contributed by atoms with van der Waals surface area (Å²) in [5.41, 5.74) is 1.22. The molecule has 27 heavy (non-hydrogen) atoms. The fourth-order valence-corrected chi connectivity index (χ4v) is 4.12. The van der Waals surface area contributed by atoms with Gasteiger partial charge >= 0.3 is 0 Å². The highest BCUT2D eigenvalue weighted by molar-refractivity contribution is 7.92. The van der Waals surface area contributed by atoms with Crippen molar-refractivity contribution in [1.82, 2.24) is 5.32 Å². The smallest absolute Gasteiger partial charge is 0.264 e. The molecule has 0 fully saturated rings. The van der Waals surface area contributed by atoms with Crippen LogP contribution in [-0.2, 0) is 14.8 Å². The molecule has 1 amide bonds. The van der Waals surface area contributed by atoms with Crippen LogP contribution < -0.4 is 9.62 Å². The van der Waals surface area contributed by atoms with Gasteiger partial charge in [0.1, 0.15) is 6.54 Å². The van der Waals surface area contributed by atoms with Crippen LogP contribution in [0.3, 0.4) is 0 Å². The summed E-state index contributed by atoms with van der Waals surface area (Å²) in [5.74, 6) is -0.150. The minimum atomic E-state index is -3.96. The van der Waals surface area contributed by atoms with E-state index in [9.17, 15) is 13.2 Å². The van der Waals surface area contributed by atoms with Gasteiger partial charge in [-0.1, -0.05) is 55.3 Å². The van der Waals surface area contributed by atoms with E-state index in [1.54, 1.807) is 36.4 Å². The third-order valence-corrected chi connectivity index (χ3v) is 6.50. The molecule has 5 nitrogen and oxygen atoms in total. The minimum Gasteiger partial charge on any atom is -0.352 e. The van der Waals surface area contributed by atoms with Gasteiger partial charge in [0.15, 0.2) is 0 Å². The first-order chi connectivity index (χ1) is 12.6. The molecule has 1 atom stereocenters. The van der Waals surface area contributed by atoms with Crippen LogP contribution in [0.5, 0.6) is 0 Å². The monoisotopic (exact) mass is 408 g/mol. The number of aryl methyl sites for hydroxylation is 1. The predicted molar refractivity (Wildman–Crippen MR) is 110 cm³/mol. The Morgan fingerprint density at radius 1 is 1.07 bits per heavy atom. The number of carbonyl (C=O) groups excluding carboxylic acids is 1. The molecule has 0 aromatic heterocycles. The zero-order valence-corrected chi connectivity index (χ0v) is 17.5. The van der Waals surface area contributed by atoms with Gasteiger partial charge < -0.3 is 5.32 Å². The molecule has 0 aliphatic heterocycles. The van der Waals surface area contributed by atoms with Gasteiger partial charge in [-0.2, -0.15) is 0 Å². The maximum atomic E-state index is 13.2. The van der Waals surface area contributed by atoms with Gasteiger partial charge in [0, 0.05) is 6.04 Å². The van der Waals surface area contributed by atoms with E-state index in [4.69, 9.17) is 11.6 Å². The molecule has 7 heteroatoms. The lowest BCUT2D eigenvalue weighted by atomic mass is 10.1. The number of halogens is 1. The summed E-state index contributed by atoms with van der Waals surface area (Å²) in [5, 5.41) is 3.11. The Labute approximate surface area is 166 Å². The van der Waals surface area contributed by atoms with Crippen molar-refractivity contribution in [1.29, 1.82) is 0 Å². The third-order valence-electron chi connectivity index (χ3n) is 4.41. The van der Waals surface area contributed by atoms with Crippen molar-refractivity contribution in [3.05, 3.63) is 59.1 Å². The number of anilines is 1. The highest BCUT2D eigenvalue weighted by atomic mass is 35.5. The Balaban J connectivity index is 2.43. The molecule has 0 unspecified atom stereocenters. The number of benzene rings is 2. The van der Waals surface area contributed by atoms with Crippen LogP contribution in [0, 0.1) is 12.8 Å². The van der Waals surface area contributed by atoms with Crippen LogP contribution in [0.1, 0.15) is 26.3 Å². The van der Waals surface area contributed by atoms with E-state index < -0.39 is 10.0 Å². The van der Waals surface area contributed by atoms with E-state index >= 15 is 0 Å². The average molecular weight is 409 g/mol. The molecule has 1 N–H and O–H groups in total. The molecule has 0 saturated heterocycles. The lowest BCUT2D eigenvalue weighted by Gasteiger charge is -2.26. The fraction of sp³-hybridized carbons (Fsp3) is 0.350. The highest BCUT2D eigenvalue weighted by Gasteiger charge is 2.29. The summed E-state index contributed by atoms with van der Waals surface area (Å²) < 4.78 is 27.5. The van der Waals surface area contributed by atoms with Crippen LogP contribution in [0.25, 0.3) is 0 Å². The van der Waals surface area contributed by atoms with Crippen molar-refractivity contribution in [2.75, 3.05) is 10.8 Å². The summed E-state index contributed by atoms with van der Waals surface area (Å²) in [6.07, 6.45) is 0. The van der Waals surface area contributed by atoms with E-state index in [0.29, 0.717) is 0 Å². The van der Waals surface area contributed by atoms with Crippen LogP contribution in [-0.4, -0.2) is 26.9 Å². The zero-order chi connectivity index (χ0) is 20.2. The van der Waals surface area contributed by atoms with Crippen LogP contribution in [0.15, 0.2) is 53.4 Å². The van der Waals surface area contributed by atoms with E-state index in [1.165, 1.54) is 12.1 Å². The average Bonchev–Trinajstić information content (AvgIpc) is 2.60. The largest absolute Gasteiger partial charge is 0.352 e. The Bertz CT molecular complexity index is 896. The van der Waals surface area contributed by atoms with E-state index in [1.807, 2.05) is 27.7 Å². The molecule has 0 saturated carbocycles. The number of hydrogen-bond acceptors (Lipinski definition) is 3. The van der Waals surface area contributed by atoms with Crippen LogP contribution in [0.4, 0.5) is 5.69 Å². The second-order valence-corrected chi connectivity index (χ2v) is 9.15. The van der Waals surface area contributed by atoms with Crippen molar-refractivity contribution < 1.29 is 13.2 Å². The molecule has 2 rings (SSSR count). The molecule has 2 aromatic rings. The first-order valence-electron chi connectivity index (χ1n) is 8.76. The van der Waals surface area contributed by atoms with Crippen molar-refractivity contribution in [3.63, 3.8) is 0 Å². The molecule has 0 aliphatic carbocycles. The van der Waals surface area contributed by atoms with Crippen molar-refractivity contribution in [2.24, 2.45) is 5.92 Å². The summed E-state index contributed by atoms with van der Waals surface area (Å²) in [7, 11) is -3.96. The van der Waals surface area contributed by atoms with Crippen molar-refractivity contribution in [3.8, 4) is 0 Å². The lowest BCUT2D eigenvalue weighted by molar-refractivity contribution is -0.120. The Kier molecular flexibility index (Phi) is 6.89. The van der Waals surface area contributed by atoms with Gasteiger partial charge in [0.05, 0.1) is 15.6 Å². The topological polar surface area (TPSA) is 66.5 Å². The van der Waals surface area contributed by atoms with Gasteiger partial charge in [0.2, 0.25) is 5.91 Å². The Morgan fingerprint density at radius 3 is 2.22 bits per heavy atom. The quantitative estimate of drug-likeness (QED) is 0.752. The number of sulfonamides is 1. The van der Waals surface area contributed by atoms with Crippen molar-refractivity contribution >= 4 is 33.2 Å². The Hall–Kier alpha value is -2.05. The number of hydrogen-bond donors (Lipinski definition) is 1. The van der Waals surface area contributed by atoms with E-state index in [2.05, 4.69) is 5.32 Å². The highest BCUT2D eigenvalue weighted by Crippen LogP contribution is 2.30. The molecule has 0 heterocycles. The van der Waals surface area contributed by atoms with Gasteiger partial charge in [-0.25, -0.2) is 8.42 Å². The molecule has 0 bridgehead atoms. The molecule has 146 valence electrons. The number of rotatable bonds is 7. The van der Waals surface area contributed by atoms with Crippen LogP contribution >= 0.6 is 11.6 Å². The second-order valence-electron chi connectivity index (χ2n) is 6.88. The first kappa shape index (κ1) is 21.3. The molecule has 2 aromatic carbocycles. The summed E-state index contributed by atoms with van der Waals surface area (Å²) in [6, 6.07) is 13.0. The Morgan fingerprint density at radius 2 is 1.67 bits per heavy atom. The lowest BCUT2D eigenvalue weighted by Crippen LogP contribution is -2.45. The summed E-state index contributed by atoms with van der Waals surface area (Å²) >= 11 is 6.24. The normalized spacial score (nSPS) is 12.7. The molecule has 0 aliphatic rings. The van der Waals surface area contributed by atoms with Gasteiger partial charge in [-0.3, -0.25) is 9.10 Å². The molecule has 0 spiro atoms. The minimum absolute atomic E-state index is 0.0762. The summed E-state index contributed by atoms with van der Waals surface area (Å²) in [4.78, 5) is 12.6. The molecular weight excluding hydrogens is 384 g/mol. The van der Waals surface area contributed by atoms with Gasteiger partial charge in [-0.05, 0) is 44.0 Å². The van der Waals surface area contributed by atoms with E-state index in [0.717, 1.165) is 9.87 Å². The third kappa shape index (κ3) is 5.23. The van der Waals surface area contributed by atoms with Crippen LogP contribution in [0.2, 0.25) is 5.02 Å². The van der Waals surface area contributed by atoms with E-state index in [-0.39, 0.29) is 40.0 Å². The standard InChI is InChI=1S/C20H25ClN2O3S/c1-14(2)16(4)22-20(24)13-23(19-8-6-5-7-18(19)21)27(25,26)17-11-9-15(3)10-12-17/h5-12,14,16H,13H2,1-4H3,(H,22,24)/t16-/m0/s1. The fourth-order valence-electron chi connectivity index (χ4n) is 2.39. The van der Waals surface area contributed by atoms with Gasteiger partial charge in [-0.15, -0.1) is 0 Å². The van der Waals surface area contributed by atoms with Gasteiger partial charge in [0.25, 0.3) is 10.0 Å². The number of carbonyl (C=O) groups is 1. The van der Waals surface area contributed by atoms with Crippen molar-refractivity contribution in [2.45, 2.75) is 38.6 Å². The summed E-state index contributed by atoms with van der Waals surface area (Å²) in [6.45, 7) is 7.39. The number of nitrogens with one attached hydrogen (secondary N) is 1. The number of nitrogens with zero attached hydrogens (tertiary/aromatic N) is 1.